The summed E-state index contributed by atoms with van der Waals surface area (Å²) < 4.78 is 9.83. The molecule has 1 unspecified atom stereocenters. The number of piperidine rings is 1. The molecule has 1 fully saturated rings. The molecule has 1 saturated heterocycles. The molecule has 1 aromatic heterocycles. The molecule has 0 aliphatic carbocycles. The van der Waals surface area contributed by atoms with Crippen LogP contribution in [0.25, 0.3) is 0 Å². The number of carbonyl (C=O) groups is 1. The Labute approximate surface area is 181 Å². The lowest BCUT2D eigenvalue weighted by Crippen LogP contribution is -2.43. The van der Waals surface area contributed by atoms with Gasteiger partial charge in [-0.1, -0.05) is 42.5 Å². The van der Waals surface area contributed by atoms with E-state index < -0.39 is 0 Å². The number of rotatable bonds is 7. The summed E-state index contributed by atoms with van der Waals surface area (Å²) in [5.41, 5.74) is 2.24. The molecule has 1 aliphatic heterocycles. The highest BCUT2D eigenvalue weighted by atomic mass is 32.1. The molecule has 6 nitrogen and oxygen atoms in total. The van der Waals surface area contributed by atoms with E-state index in [0.29, 0.717) is 19.5 Å². The van der Waals surface area contributed by atoms with E-state index in [1.165, 1.54) is 11.5 Å². The summed E-state index contributed by atoms with van der Waals surface area (Å²) in [5.74, 6) is 1.74. The quantitative estimate of drug-likeness (QED) is 0.629. The van der Waals surface area contributed by atoms with Crippen LogP contribution in [0.15, 0.2) is 54.6 Å². The molecule has 0 spiro atoms. The van der Waals surface area contributed by atoms with Crippen LogP contribution in [0.1, 0.15) is 29.8 Å². The second-order valence-electron chi connectivity index (χ2n) is 7.51. The molecule has 7 heteroatoms. The van der Waals surface area contributed by atoms with E-state index in [-0.39, 0.29) is 11.8 Å². The van der Waals surface area contributed by atoms with Crippen LogP contribution in [0.4, 0.5) is 5.13 Å². The van der Waals surface area contributed by atoms with Crippen molar-refractivity contribution in [2.75, 3.05) is 25.1 Å². The highest BCUT2D eigenvalue weighted by Gasteiger charge is 2.27. The van der Waals surface area contributed by atoms with Crippen LogP contribution in [0.5, 0.6) is 5.75 Å². The number of nitrogens with one attached hydrogen (secondary N) is 1. The first kappa shape index (κ1) is 20.3. The van der Waals surface area contributed by atoms with Crippen LogP contribution >= 0.6 is 11.5 Å². The Morgan fingerprint density at radius 1 is 1.20 bits per heavy atom. The zero-order valence-corrected chi connectivity index (χ0v) is 17.9. The van der Waals surface area contributed by atoms with E-state index >= 15 is 0 Å². The molecule has 2 aromatic carbocycles. The number of methoxy groups -OCH3 is 1. The highest BCUT2D eigenvalue weighted by Crippen LogP contribution is 2.26. The summed E-state index contributed by atoms with van der Waals surface area (Å²) in [4.78, 5) is 19.6. The average molecular weight is 423 g/mol. The van der Waals surface area contributed by atoms with Crippen LogP contribution in [0.3, 0.4) is 0 Å². The maximum Gasteiger partial charge on any atom is 0.225 e. The third kappa shape index (κ3) is 5.16. The van der Waals surface area contributed by atoms with Gasteiger partial charge < -0.3 is 15.0 Å². The van der Waals surface area contributed by atoms with Crippen molar-refractivity contribution >= 4 is 22.6 Å². The van der Waals surface area contributed by atoms with Crippen molar-refractivity contribution in [3.8, 4) is 5.75 Å². The zero-order chi connectivity index (χ0) is 20.8. The van der Waals surface area contributed by atoms with Crippen molar-refractivity contribution in [1.29, 1.82) is 0 Å². The summed E-state index contributed by atoms with van der Waals surface area (Å²) in [5, 5.41) is 3.98. The molecule has 1 aliphatic rings. The molecule has 0 saturated carbocycles. The van der Waals surface area contributed by atoms with Crippen molar-refractivity contribution in [1.82, 2.24) is 14.7 Å². The minimum Gasteiger partial charge on any atom is -0.497 e. The molecular formula is C23H26N4O2S. The Kier molecular flexibility index (Phi) is 6.59. The Bertz CT molecular complexity index is 976. The SMILES string of the molecule is COc1cccc(Cc2nsc(N3CCCC(C(=O)NCc4ccccc4)C3)n2)c1. The minimum atomic E-state index is -0.0202. The van der Waals surface area contributed by atoms with Gasteiger partial charge in [0.2, 0.25) is 11.0 Å². The lowest BCUT2D eigenvalue weighted by Gasteiger charge is -2.31. The van der Waals surface area contributed by atoms with Crippen LogP contribution in [-0.2, 0) is 17.8 Å². The number of amides is 1. The smallest absolute Gasteiger partial charge is 0.225 e. The topological polar surface area (TPSA) is 67.3 Å². The molecule has 0 radical (unpaired) electrons. The molecule has 1 amide bonds. The van der Waals surface area contributed by atoms with Crippen molar-refractivity contribution in [3.05, 3.63) is 71.5 Å². The van der Waals surface area contributed by atoms with Crippen molar-refractivity contribution in [2.24, 2.45) is 5.92 Å². The average Bonchev–Trinajstić information content (AvgIpc) is 3.27. The van der Waals surface area contributed by atoms with Gasteiger partial charge in [0.1, 0.15) is 11.6 Å². The molecule has 1 N–H and O–H groups in total. The predicted octanol–water partition coefficient (Wildman–Crippen LogP) is 3.67. The summed E-state index contributed by atoms with van der Waals surface area (Å²) in [6.45, 7) is 2.17. The van der Waals surface area contributed by atoms with Crippen LogP contribution < -0.4 is 15.0 Å². The first-order valence-corrected chi connectivity index (χ1v) is 11.0. The van der Waals surface area contributed by atoms with Gasteiger partial charge in [0.05, 0.1) is 13.0 Å². The number of carbonyl (C=O) groups excluding carboxylic acids is 1. The fraction of sp³-hybridized carbons (Fsp3) is 0.348. The van der Waals surface area contributed by atoms with Gasteiger partial charge in [0.15, 0.2) is 0 Å². The Morgan fingerprint density at radius 2 is 2.03 bits per heavy atom. The van der Waals surface area contributed by atoms with Gasteiger partial charge >= 0.3 is 0 Å². The van der Waals surface area contributed by atoms with Gasteiger partial charge in [-0.25, -0.2) is 4.98 Å². The summed E-state index contributed by atoms with van der Waals surface area (Å²) >= 11 is 1.41. The van der Waals surface area contributed by atoms with Crippen molar-refractivity contribution < 1.29 is 9.53 Å². The third-order valence-electron chi connectivity index (χ3n) is 5.33. The lowest BCUT2D eigenvalue weighted by atomic mass is 9.97. The van der Waals surface area contributed by atoms with Crippen LogP contribution in [-0.4, -0.2) is 35.5 Å². The largest absolute Gasteiger partial charge is 0.497 e. The van der Waals surface area contributed by atoms with E-state index in [9.17, 15) is 4.79 Å². The summed E-state index contributed by atoms with van der Waals surface area (Å²) in [7, 11) is 1.67. The van der Waals surface area contributed by atoms with Crippen LogP contribution in [0, 0.1) is 5.92 Å². The fourth-order valence-electron chi connectivity index (χ4n) is 3.70. The zero-order valence-electron chi connectivity index (χ0n) is 17.1. The van der Waals surface area contributed by atoms with E-state index in [4.69, 9.17) is 9.72 Å². The third-order valence-corrected chi connectivity index (χ3v) is 6.14. The summed E-state index contributed by atoms with van der Waals surface area (Å²) in [6, 6.07) is 18.0. The normalized spacial score (nSPS) is 16.3. The molecule has 4 rings (SSSR count). The predicted molar refractivity (Wildman–Crippen MR) is 119 cm³/mol. The van der Waals surface area contributed by atoms with Gasteiger partial charge in [0.25, 0.3) is 0 Å². The van der Waals surface area contributed by atoms with E-state index in [0.717, 1.165) is 47.2 Å². The van der Waals surface area contributed by atoms with Gasteiger partial charge in [0, 0.05) is 37.6 Å². The second-order valence-corrected chi connectivity index (χ2v) is 8.24. The number of nitrogens with zero attached hydrogens (tertiary/aromatic N) is 3. The fourth-order valence-corrected chi connectivity index (χ4v) is 4.42. The molecular weight excluding hydrogens is 396 g/mol. The number of aromatic nitrogens is 2. The Hall–Kier alpha value is -2.93. The van der Waals surface area contributed by atoms with Crippen molar-refractivity contribution in [3.63, 3.8) is 0 Å². The number of hydrogen-bond donors (Lipinski definition) is 1. The Balaban J connectivity index is 1.34. The number of anilines is 1. The van der Waals surface area contributed by atoms with Gasteiger partial charge in [-0.3, -0.25) is 4.79 Å². The van der Waals surface area contributed by atoms with Crippen molar-refractivity contribution in [2.45, 2.75) is 25.8 Å². The van der Waals surface area contributed by atoms with Gasteiger partial charge in [-0.2, -0.15) is 4.37 Å². The standard InChI is InChI=1S/C23H26N4O2S/c1-29-20-11-5-9-18(13-20)14-21-25-23(30-26-21)27-12-6-10-19(16-27)22(28)24-15-17-7-3-2-4-8-17/h2-5,7-9,11,13,19H,6,10,12,14-16H2,1H3,(H,24,28). The molecule has 2 heterocycles. The first-order chi connectivity index (χ1) is 14.7. The molecule has 30 heavy (non-hydrogen) atoms. The lowest BCUT2D eigenvalue weighted by molar-refractivity contribution is -0.125. The number of ether oxygens (including phenoxy) is 1. The van der Waals surface area contributed by atoms with E-state index in [1.807, 2.05) is 48.5 Å². The monoisotopic (exact) mass is 422 g/mol. The first-order valence-electron chi connectivity index (χ1n) is 10.2. The molecule has 156 valence electrons. The van der Waals surface area contributed by atoms with Gasteiger partial charge in [-0.05, 0) is 36.1 Å². The Morgan fingerprint density at radius 3 is 2.87 bits per heavy atom. The molecule has 3 aromatic rings. The minimum absolute atomic E-state index is 0.0202. The maximum atomic E-state index is 12.7. The van der Waals surface area contributed by atoms with Crippen LogP contribution in [0.2, 0.25) is 0 Å². The molecule has 0 bridgehead atoms. The van der Waals surface area contributed by atoms with E-state index in [2.05, 4.69) is 20.7 Å². The second kappa shape index (κ2) is 9.71. The highest BCUT2D eigenvalue weighted by molar-refractivity contribution is 7.09. The molecule has 1 atom stereocenters. The van der Waals surface area contributed by atoms with E-state index in [1.54, 1.807) is 7.11 Å². The maximum absolute atomic E-state index is 12.7. The van der Waals surface area contributed by atoms with Gasteiger partial charge in [-0.15, -0.1) is 0 Å². The summed E-state index contributed by atoms with van der Waals surface area (Å²) in [6.07, 6.45) is 2.56. The number of hydrogen-bond acceptors (Lipinski definition) is 6. The number of benzene rings is 2.